The van der Waals surface area contributed by atoms with E-state index in [2.05, 4.69) is 20.4 Å². The summed E-state index contributed by atoms with van der Waals surface area (Å²) < 4.78 is 31.2. The number of hydrogen-bond acceptors (Lipinski definition) is 6. The first kappa shape index (κ1) is 17.2. The highest BCUT2D eigenvalue weighted by Crippen LogP contribution is 2.28. The maximum absolute atomic E-state index is 12.8. The summed E-state index contributed by atoms with van der Waals surface area (Å²) in [5, 5.41) is 14.3. The quantitative estimate of drug-likeness (QED) is 0.569. The first-order valence-corrected chi connectivity index (χ1v) is 9.89. The van der Waals surface area contributed by atoms with Crippen LogP contribution in [0.4, 0.5) is 0 Å². The van der Waals surface area contributed by atoms with Gasteiger partial charge in [-0.15, -0.1) is 10.2 Å². The van der Waals surface area contributed by atoms with Crippen molar-refractivity contribution < 1.29 is 12.8 Å². The molecule has 0 atom stereocenters. The number of nitrogens with zero attached hydrogens (tertiary/aromatic N) is 3. The summed E-state index contributed by atoms with van der Waals surface area (Å²) in [6.07, 6.45) is 1.49. The lowest BCUT2D eigenvalue weighted by Crippen LogP contribution is -2.07. The van der Waals surface area contributed by atoms with Crippen LogP contribution in [0.1, 0.15) is 11.5 Å². The van der Waals surface area contributed by atoms with Crippen LogP contribution >= 0.6 is 0 Å². The Bertz CT molecular complexity index is 1160. The van der Waals surface area contributed by atoms with Crippen LogP contribution in [0.5, 0.6) is 0 Å². The minimum Gasteiger partial charge on any atom is -0.420 e. The molecule has 1 N–H and O–H groups in total. The molecule has 2 heterocycles. The fraction of sp³-hybridized carbons (Fsp3) is 0.105. The predicted molar refractivity (Wildman–Crippen MR) is 99.4 cm³/mol. The van der Waals surface area contributed by atoms with E-state index in [1.54, 1.807) is 0 Å². The summed E-state index contributed by atoms with van der Waals surface area (Å²) in [7, 11) is -3.74. The van der Waals surface area contributed by atoms with Crippen molar-refractivity contribution in [2.75, 3.05) is 0 Å². The Morgan fingerprint density at radius 3 is 2.44 bits per heavy atom. The molecule has 0 saturated carbocycles. The number of nitrogens with one attached hydrogen (secondary N) is 1. The number of H-pyrrole nitrogens is 1. The normalized spacial score (nSPS) is 11.6. The second kappa shape index (κ2) is 6.81. The Hall–Kier alpha value is -3.26. The summed E-state index contributed by atoms with van der Waals surface area (Å²) >= 11 is 0. The Kier molecular flexibility index (Phi) is 4.33. The number of aryl methyl sites for hydroxylation is 1. The number of sulfone groups is 1. The van der Waals surface area contributed by atoms with Crippen LogP contribution in [-0.2, 0) is 15.6 Å². The zero-order valence-corrected chi connectivity index (χ0v) is 15.3. The van der Waals surface area contributed by atoms with Crippen LogP contribution in [0, 0.1) is 6.92 Å². The van der Waals surface area contributed by atoms with Crippen molar-refractivity contribution in [1.82, 2.24) is 20.4 Å². The second-order valence-electron chi connectivity index (χ2n) is 6.10. The van der Waals surface area contributed by atoms with Crippen molar-refractivity contribution in [2.45, 2.75) is 17.7 Å². The molecule has 0 amide bonds. The van der Waals surface area contributed by atoms with E-state index >= 15 is 0 Å². The van der Waals surface area contributed by atoms with Crippen LogP contribution in [0.2, 0.25) is 0 Å². The molecule has 8 heteroatoms. The Morgan fingerprint density at radius 1 is 0.963 bits per heavy atom. The van der Waals surface area contributed by atoms with E-state index in [1.165, 1.54) is 6.20 Å². The maximum atomic E-state index is 12.8. The molecule has 0 aliphatic rings. The van der Waals surface area contributed by atoms with Gasteiger partial charge in [0.25, 0.3) is 0 Å². The van der Waals surface area contributed by atoms with Crippen molar-refractivity contribution >= 4 is 9.84 Å². The van der Waals surface area contributed by atoms with Crippen molar-refractivity contribution in [3.05, 3.63) is 72.2 Å². The topological polar surface area (TPSA) is 102 Å². The number of aromatic amines is 1. The molecule has 27 heavy (non-hydrogen) atoms. The first-order valence-electron chi connectivity index (χ1n) is 8.24. The van der Waals surface area contributed by atoms with Gasteiger partial charge in [0.2, 0.25) is 21.6 Å². The summed E-state index contributed by atoms with van der Waals surface area (Å²) in [6.45, 7) is 1.98. The summed E-state index contributed by atoms with van der Waals surface area (Å²) in [4.78, 5) is 0. The largest absolute Gasteiger partial charge is 0.420 e. The molecule has 0 saturated heterocycles. The molecule has 7 nitrogen and oxygen atoms in total. The monoisotopic (exact) mass is 380 g/mol. The molecule has 4 rings (SSSR count). The number of rotatable bonds is 5. The van der Waals surface area contributed by atoms with Crippen molar-refractivity contribution in [1.29, 1.82) is 0 Å². The highest BCUT2D eigenvalue weighted by molar-refractivity contribution is 7.90. The van der Waals surface area contributed by atoms with E-state index in [-0.39, 0.29) is 16.8 Å². The average molecular weight is 380 g/mol. The molecule has 4 aromatic rings. The molecule has 136 valence electrons. The first-order chi connectivity index (χ1) is 13.0. The molecule has 0 bridgehead atoms. The summed E-state index contributed by atoms with van der Waals surface area (Å²) in [6, 6.07) is 16.7. The van der Waals surface area contributed by atoms with Crippen molar-refractivity contribution in [3.8, 4) is 22.6 Å². The predicted octanol–water partition coefficient (Wildman–Crippen LogP) is 3.41. The van der Waals surface area contributed by atoms with E-state index in [0.29, 0.717) is 5.56 Å². The van der Waals surface area contributed by atoms with Gasteiger partial charge < -0.3 is 4.42 Å². The van der Waals surface area contributed by atoms with E-state index in [0.717, 1.165) is 16.7 Å². The van der Waals surface area contributed by atoms with Gasteiger partial charge in [-0.2, -0.15) is 5.10 Å². The van der Waals surface area contributed by atoms with E-state index < -0.39 is 15.6 Å². The Morgan fingerprint density at radius 2 is 1.70 bits per heavy atom. The van der Waals surface area contributed by atoms with Gasteiger partial charge >= 0.3 is 0 Å². The van der Waals surface area contributed by atoms with Gasteiger partial charge in [-0.3, -0.25) is 5.10 Å². The lowest BCUT2D eigenvalue weighted by molar-refractivity contribution is 0.517. The van der Waals surface area contributed by atoms with Gasteiger partial charge in [-0.25, -0.2) is 8.42 Å². The molecule has 0 aliphatic carbocycles. The van der Waals surface area contributed by atoms with Gasteiger partial charge in [0, 0.05) is 11.1 Å². The average Bonchev–Trinajstić information content (AvgIpc) is 3.33. The van der Waals surface area contributed by atoms with Gasteiger partial charge in [-0.05, 0) is 24.6 Å². The number of hydrogen-bond donors (Lipinski definition) is 1. The fourth-order valence-electron chi connectivity index (χ4n) is 2.69. The van der Waals surface area contributed by atoms with Crippen molar-refractivity contribution in [2.24, 2.45) is 0 Å². The van der Waals surface area contributed by atoms with Gasteiger partial charge in [0.05, 0.1) is 6.20 Å². The number of benzene rings is 2. The smallest absolute Gasteiger partial charge is 0.247 e. The van der Waals surface area contributed by atoms with E-state index in [4.69, 9.17) is 4.42 Å². The number of aromatic nitrogens is 4. The highest BCUT2D eigenvalue weighted by atomic mass is 32.2. The van der Waals surface area contributed by atoms with Crippen LogP contribution in [-0.4, -0.2) is 28.8 Å². The molecule has 0 unspecified atom stereocenters. The molecule has 0 fully saturated rings. The van der Waals surface area contributed by atoms with E-state index in [9.17, 15) is 8.42 Å². The molecule has 2 aromatic carbocycles. The van der Waals surface area contributed by atoms with Crippen LogP contribution in [0.3, 0.4) is 0 Å². The molecular formula is C19H16N4O3S. The lowest BCUT2D eigenvalue weighted by Gasteiger charge is -2.03. The van der Waals surface area contributed by atoms with Crippen LogP contribution < -0.4 is 0 Å². The van der Waals surface area contributed by atoms with Crippen molar-refractivity contribution in [3.63, 3.8) is 0 Å². The zero-order valence-electron chi connectivity index (χ0n) is 14.5. The lowest BCUT2D eigenvalue weighted by atomic mass is 10.1. The third-order valence-corrected chi connectivity index (χ3v) is 5.64. The maximum Gasteiger partial charge on any atom is 0.247 e. The Labute approximate surface area is 156 Å². The third-order valence-electron chi connectivity index (χ3n) is 4.08. The highest BCUT2D eigenvalue weighted by Gasteiger charge is 2.25. The molecule has 2 aromatic heterocycles. The van der Waals surface area contributed by atoms with Gasteiger partial charge in [0.15, 0.2) is 5.03 Å². The van der Waals surface area contributed by atoms with Crippen LogP contribution in [0.25, 0.3) is 22.6 Å². The molecule has 0 aliphatic heterocycles. The SMILES string of the molecule is Cc1ccc(-c2nnc(CS(=O)(=O)c3[nH]ncc3-c3ccccc3)o2)cc1. The molecule has 0 radical (unpaired) electrons. The minimum absolute atomic E-state index is 0.0270. The fourth-order valence-corrected chi connectivity index (χ4v) is 3.98. The summed E-state index contributed by atoms with van der Waals surface area (Å²) in [5.74, 6) is -0.0965. The Balaban J connectivity index is 1.62. The minimum atomic E-state index is -3.74. The van der Waals surface area contributed by atoms with E-state index in [1.807, 2.05) is 61.5 Å². The summed E-state index contributed by atoms with van der Waals surface area (Å²) in [5.41, 5.74) is 3.11. The second-order valence-corrected chi connectivity index (χ2v) is 8.03. The van der Waals surface area contributed by atoms with Gasteiger partial charge in [-0.1, -0.05) is 48.0 Å². The standard InChI is InChI=1S/C19H16N4O3S/c1-13-7-9-15(10-8-13)18-22-21-17(26-18)12-27(24,25)19-16(11-20-23-19)14-5-3-2-4-6-14/h2-11H,12H2,1H3,(H,20,23). The zero-order chi connectivity index (χ0) is 18.9. The third kappa shape index (κ3) is 3.52. The van der Waals surface area contributed by atoms with Crippen LogP contribution in [0.15, 0.2) is 70.2 Å². The molecular weight excluding hydrogens is 364 g/mol. The molecule has 0 spiro atoms. The van der Waals surface area contributed by atoms with Gasteiger partial charge in [0.1, 0.15) is 5.75 Å².